The molecule has 9 heavy (non-hydrogen) atoms. The van der Waals surface area contributed by atoms with Crippen LogP contribution in [0.3, 0.4) is 0 Å². The van der Waals surface area contributed by atoms with Crippen LogP contribution in [-0.2, 0) is 7.05 Å². The molecular formula is C5H10N3O+. The third-order valence-corrected chi connectivity index (χ3v) is 1.00. The van der Waals surface area contributed by atoms with E-state index in [4.69, 9.17) is 4.52 Å². The Balaban J connectivity index is 2.85. The lowest BCUT2D eigenvalue weighted by molar-refractivity contribution is -0.739. The molecule has 0 radical (unpaired) electrons. The lowest BCUT2D eigenvalue weighted by Crippen LogP contribution is -2.28. The van der Waals surface area contributed by atoms with E-state index in [9.17, 15) is 0 Å². The number of hydrogen-bond acceptors (Lipinski definition) is 3. The van der Waals surface area contributed by atoms with Gasteiger partial charge < -0.3 is 4.90 Å². The molecule has 0 saturated carbocycles. The van der Waals surface area contributed by atoms with Crippen molar-refractivity contribution in [2.24, 2.45) is 7.05 Å². The van der Waals surface area contributed by atoms with E-state index in [2.05, 4.69) is 5.27 Å². The second-order valence-corrected chi connectivity index (χ2v) is 2.11. The van der Waals surface area contributed by atoms with Gasteiger partial charge in [0.2, 0.25) is 0 Å². The van der Waals surface area contributed by atoms with E-state index in [-0.39, 0.29) is 0 Å². The summed E-state index contributed by atoms with van der Waals surface area (Å²) in [5.74, 6) is 0.762. The van der Waals surface area contributed by atoms with Crippen molar-refractivity contribution < 1.29 is 9.20 Å². The first-order valence-corrected chi connectivity index (χ1v) is 2.70. The lowest BCUT2D eigenvalue weighted by Gasteiger charge is -2.00. The van der Waals surface area contributed by atoms with Crippen LogP contribution in [0, 0.1) is 0 Å². The molecule has 0 bridgehead atoms. The van der Waals surface area contributed by atoms with Gasteiger partial charge >= 0.3 is 0 Å². The van der Waals surface area contributed by atoms with E-state index in [1.54, 1.807) is 10.9 Å². The Morgan fingerprint density at radius 2 is 2.33 bits per heavy atom. The summed E-state index contributed by atoms with van der Waals surface area (Å²) in [6.07, 6.45) is 1.81. The maximum atomic E-state index is 4.86. The number of aromatic nitrogens is 2. The highest BCUT2D eigenvalue weighted by atomic mass is 16.5. The molecule has 0 fully saturated rings. The van der Waals surface area contributed by atoms with Crippen molar-refractivity contribution in [3.05, 3.63) is 6.20 Å². The molecule has 0 aromatic carbocycles. The monoisotopic (exact) mass is 128 g/mol. The van der Waals surface area contributed by atoms with E-state index in [1.807, 2.05) is 26.0 Å². The molecule has 0 saturated heterocycles. The van der Waals surface area contributed by atoms with Gasteiger partial charge in [0.15, 0.2) is 12.3 Å². The predicted molar refractivity (Wildman–Crippen MR) is 32.0 cm³/mol. The highest BCUT2D eigenvalue weighted by Gasteiger charge is 2.06. The minimum Gasteiger partial charge on any atom is -0.341 e. The molecular weight excluding hydrogens is 118 g/mol. The van der Waals surface area contributed by atoms with Crippen LogP contribution >= 0.6 is 0 Å². The third kappa shape index (κ3) is 1.19. The Kier molecular flexibility index (Phi) is 1.38. The van der Waals surface area contributed by atoms with Gasteiger partial charge in [-0.3, -0.25) is 4.52 Å². The largest absolute Gasteiger partial charge is 0.341 e. The van der Waals surface area contributed by atoms with Gasteiger partial charge in [-0.15, -0.1) is 0 Å². The van der Waals surface area contributed by atoms with Gasteiger partial charge in [0.1, 0.15) is 0 Å². The van der Waals surface area contributed by atoms with Crippen LogP contribution in [0.25, 0.3) is 0 Å². The van der Waals surface area contributed by atoms with Crippen molar-refractivity contribution in [2.45, 2.75) is 0 Å². The van der Waals surface area contributed by atoms with Crippen molar-refractivity contribution in [2.75, 3.05) is 19.0 Å². The normalized spacial score (nSPS) is 9.67. The minimum absolute atomic E-state index is 0.762. The molecule has 1 aromatic heterocycles. The molecule has 0 aliphatic heterocycles. The van der Waals surface area contributed by atoms with Gasteiger partial charge in [0.05, 0.1) is 0 Å². The van der Waals surface area contributed by atoms with E-state index < -0.39 is 0 Å². The van der Waals surface area contributed by atoms with E-state index in [1.165, 1.54) is 0 Å². The zero-order chi connectivity index (χ0) is 6.85. The predicted octanol–water partition coefficient (Wildman–Crippen LogP) is -0.435. The Morgan fingerprint density at radius 1 is 1.67 bits per heavy atom. The molecule has 0 spiro atoms. The van der Waals surface area contributed by atoms with E-state index in [0.717, 1.165) is 5.88 Å². The number of hydrogen-bond donors (Lipinski definition) is 0. The van der Waals surface area contributed by atoms with Gasteiger partial charge in [-0.25, -0.2) is 0 Å². The maximum Gasteiger partial charge on any atom is 0.297 e. The first-order valence-electron chi connectivity index (χ1n) is 2.70. The summed E-state index contributed by atoms with van der Waals surface area (Å²) < 4.78 is 6.48. The van der Waals surface area contributed by atoms with Crippen LogP contribution in [0.4, 0.5) is 5.88 Å². The Morgan fingerprint density at radius 3 is 2.56 bits per heavy atom. The van der Waals surface area contributed by atoms with Crippen molar-refractivity contribution in [3.63, 3.8) is 0 Å². The summed E-state index contributed by atoms with van der Waals surface area (Å²) in [7, 11) is 5.62. The summed E-state index contributed by atoms with van der Waals surface area (Å²) in [5.41, 5.74) is 0. The van der Waals surface area contributed by atoms with Gasteiger partial charge in [-0.05, 0) is 0 Å². The number of anilines is 1. The molecule has 0 unspecified atom stereocenters. The molecule has 1 heterocycles. The standard InChI is InChI=1S/C5H10N3O/c1-7(2)5-4-8(3)6-9-5/h4H,1-3H3/q+1. The molecule has 1 rings (SSSR count). The van der Waals surface area contributed by atoms with Crippen LogP contribution in [-0.4, -0.2) is 19.4 Å². The highest BCUT2D eigenvalue weighted by molar-refractivity contribution is 5.24. The summed E-state index contributed by atoms with van der Waals surface area (Å²) in [6, 6.07) is 0. The Labute approximate surface area is 53.6 Å². The first-order chi connectivity index (χ1) is 4.20. The van der Waals surface area contributed by atoms with Crippen molar-refractivity contribution in [3.8, 4) is 0 Å². The molecule has 0 atom stereocenters. The molecule has 1 aromatic rings. The summed E-state index contributed by atoms with van der Waals surface area (Å²) in [5, 5.41) is 3.64. The van der Waals surface area contributed by atoms with Crippen LogP contribution in [0.1, 0.15) is 0 Å². The first kappa shape index (κ1) is 6.07. The zero-order valence-electron chi connectivity index (χ0n) is 5.83. The van der Waals surface area contributed by atoms with Gasteiger partial charge in [0.25, 0.3) is 12.1 Å². The van der Waals surface area contributed by atoms with Gasteiger partial charge in [-0.2, -0.15) is 0 Å². The SMILES string of the molecule is CN(C)c1c[n+](C)no1. The van der Waals surface area contributed by atoms with Crippen LogP contribution < -0.4 is 9.58 Å². The molecule has 0 N–H and O–H groups in total. The van der Waals surface area contributed by atoms with Crippen molar-refractivity contribution in [1.82, 2.24) is 5.27 Å². The summed E-state index contributed by atoms with van der Waals surface area (Å²) in [6.45, 7) is 0. The fourth-order valence-electron chi connectivity index (χ4n) is 0.510. The average molecular weight is 128 g/mol. The van der Waals surface area contributed by atoms with E-state index >= 15 is 0 Å². The molecule has 4 heteroatoms. The third-order valence-electron chi connectivity index (χ3n) is 1.00. The Hall–Kier alpha value is -1.06. The maximum absolute atomic E-state index is 4.86. The number of rotatable bonds is 1. The average Bonchev–Trinajstić information content (AvgIpc) is 2.14. The Bertz CT molecular complexity index is 194. The zero-order valence-corrected chi connectivity index (χ0v) is 5.83. The second-order valence-electron chi connectivity index (χ2n) is 2.11. The quantitative estimate of drug-likeness (QED) is 0.481. The lowest BCUT2D eigenvalue weighted by atomic mass is 10.7. The van der Waals surface area contributed by atoms with Crippen LogP contribution in [0.2, 0.25) is 0 Å². The second kappa shape index (κ2) is 2.05. The van der Waals surface area contributed by atoms with Crippen LogP contribution in [0.5, 0.6) is 0 Å². The number of nitrogens with zero attached hydrogens (tertiary/aromatic N) is 3. The van der Waals surface area contributed by atoms with Crippen molar-refractivity contribution in [1.29, 1.82) is 0 Å². The van der Waals surface area contributed by atoms with Gasteiger partial charge in [-0.1, -0.05) is 4.68 Å². The molecule has 0 aliphatic rings. The topological polar surface area (TPSA) is 33.2 Å². The number of aryl methyl sites for hydroxylation is 1. The summed E-state index contributed by atoms with van der Waals surface area (Å²) >= 11 is 0. The molecule has 50 valence electrons. The van der Waals surface area contributed by atoms with Crippen LogP contribution in [0.15, 0.2) is 10.7 Å². The fraction of sp³-hybridized carbons (Fsp3) is 0.600. The smallest absolute Gasteiger partial charge is 0.297 e. The minimum atomic E-state index is 0.762. The van der Waals surface area contributed by atoms with Crippen molar-refractivity contribution >= 4 is 5.88 Å². The summed E-state index contributed by atoms with van der Waals surface area (Å²) in [4.78, 5) is 1.85. The van der Waals surface area contributed by atoms with E-state index in [0.29, 0.717) is 0 Å². The highest BCUT2D eigenvalue weighted by Crippen LogP contribution is 2.02. The molecule has 0 amide bonds. The van der Waals surface area contributed by atoms with Gasteiger partial charge in [0, 0.05) is 14.1 Å². The molecule has 0 aliphatic carbocycles. The molecule has 4 nitrogen and oxygen atoms in total. The fourth-order valence-corrected chi connectivity index (χ4v) is 0.510.